The van der Waals surface area contributed by atoms with Gasteiger partial charge in [-0.1, -0.05) is 18.2 Å². The lowest BCUT2D eigenvalue weighted by Crippen LogP contribution is -2.35. The molecular weight excluding hydrogens is 358 g/mol. The van der Waals surface area contributed by atoms with Crippen LogP contribution in [-0.4, -0.2) is 56.5 Å². The highest BCUT2D eigenvalue weighted by atomic mass is 16.6. The molecule has 1 fully saturated rings. The Hall–Kier alpha value is -2.90. The minimum atomic E-state index is -0.254. The van der Waals surface area contributed by atoms with Gasteiger partial charge in [-0.25, -0.2) is 5.43 Å². The molecule has 0 bridgehead atoms. The number of carbonyl (C=O) groups excluding carboxylic acids is 1. The second-order valence-corrected chi connectivity index (χ2v) is 6.66. The van der Waals surface area contributed by atoms with E-state index in [0.717, 1.165) is 38.4 Å². The molecule has 146 valence electrons. The molecule has 2 aromatic rings. The molecule has 7 nitrogen and oxygen atoms in total. The number of rotatable bonds is 5. The molecule has 2 heterocycles. The smallest absolute Gasteiger partial charge is 0.271 e. The van der Waals surface area contributed by atoms with Gasteiger partial charge >= 0.3 is 0 Å². The van der Waals surface area contributed by atoms with E-state index in [2.05, 4.69) is 15.4 Å². The average Bonchev–Trinajstić information content (AvgIpc) is 2.75. The highest BCUT2D eigenvalue weighted by Gasteiger charge is 2.14. The molecule has 0 spiro atoms. The van der Waals surface area contributed by atoms with E-state index in [1.165, 1.54) is 5.56 Å². The van der Waals surface area contributed by atoms with Crippen molar-refractivity contribution in [3.63, 3.8) is 0 Å². The molecule has 0 unspecified atom stereocenters. The number of ether oxygens (including phenoxy) is 3. The Morgan fingerprint density at radius 2 is 1.82 bits per heavy atom. The summed E-state index contributed by atoms with van der Waals surface area (Å²) in [4.78, 5) is 14.7. The normalized spacial score (nSPS) is 16.9. The number of hydrogen-bond acceptors (Lipinski definition) is 6. The number of para-hydroxylation sites is 1. The van der Waals surface area contributed by atoms with Crippen LogP contribution in [-0.2, 0) is 11.3 Å². The largest absolute Gasteiger partial charge is 0.486 e. The predicted octanol–water partition coefficient (Wildman–Crippen LogP) is 2.05. The Morgan fingerprint density at radius 3 is 2.64 bits per heavy atom. The number of morpholine rings is 1. The molecule has 4 rings (SSSR count). The van der Waals surface area contributed by atoms with E-state index in [1.807, 2.05) is 42.5 Å². The summed E-state index contributed by atoms with van der Waals surface area (Å²) in [6, 6.07) is 13.2. The summed E-state index contributed by atoms with van der Waals surface area (Å²) in [5.74, 6) is 1.09. The molecule has 0 atom stereocenters. The van der Waals surface area contributed by atoms with Crippen LogP contribution in [0.4, 0.5) is 0 Å². The van der Waals surface area contributed by atoms with Crippen LogP contribution in [0.5, 0.6) is 11.5 Å². The van der Waals surface area contributed by atoms with Gasteiger partial charge in [-0.15, -0.1) is 0 Å². The van der Waals surface area contributed by atoms with Crippen LogP contribution in [0.1, 0.15) is 21.5 Å². The zero-order valence-electron chi connectivity index (χ0n) is 15.6. The fraction of sp³-hybridized carbons (Fsp3) is 0.333. The first-order valence-electron chi connectivity index (χ1n) is 9.41. The van der Waals surface area contributed by atoms with E-state index in [-0.39, 0.29) is 5.91 Å². The van der Waals surface area contributed by atoms with E-state index < -0.39 is 0 Å². The second kappa shape index (κ2) is 8.86. The summed E-state index contributed by atoms with van der Waals surface area (Å²) in [5.41, 5.74) is 5.07. The van der Waals surface area contributed by atoms with E-state index in [1.54, 1.807) is 6.21 Å². The van der Waals surface area contributed by atoms with Crippen LogP contribution in [0.25, 0.3) is 0 Å². The molecule has 1 N–H and O–H groups in total. The summed E-state index contributed by atoms with van der Waals surface area (Å²) in [5, 5.41) is 4.06. The van der Waals surface area contributed by atoms with Crippen molar-refractivity contribution in [1.82, 2.24) is 10.3 Å². The third kappa shape index (κ3) is 4.49. The molecule has 0 radical (unpaired) electrons. The predicted molar refractivity (Wildman–Crippen MR) is 105 cm³/mol. The Balaban J connectivity index is 1.34. The lowest BCUT2D eigenvalue weighted by Gasteiger charge is -2.26. The van der Waals surface area contributed by atoms with E-state index in [9.17, 15) is 4.79 Å². The molecule has 0 aliphatic carbocycles. The molecule has 2 aliphatic heterocycles. The third-order valence-electron chi connectivity index (χ3n) is 4.69. The van der Waals surface area contributed by atoms with Crippen molar-refractivity contribution in [2.45, 2.75) is 6.54 Å². The number of amides is 1. The van der Waals surface area contributed by atoms with Gasteiger partial charge in [0.2, 0.25) is 0 Å². The Bertz CT molecular complexity index is 845. The number of nitrogens with zero attached hydrogens (tertiary/aromatic N) is 2. The quantitative estimate of drug-likeness (QED) is 0.634. The highest BCUT2D eigenvalue weighted by molar-refractivity contribution is 5.95. The van der Waals surface area contributed by atoms with Crippen LogP contribution >= 0.6 is 0 Å². The number of nitrogens with one attached hydrogen (secondary N) is 1. The van der Waals surface area contributed by atoms with E-state index in [0.29, 0.717) is 30.3 Å². The first-order valence-corrected chi connectivity index (χ1v) is 9.41. The zero-order chi connectivity index (χ0) is 19.2. The van der Waals surface area contributed by atoms with E-state index >= 15 is 0 Å². The van der Waals surface area contributed by atoms with Crippen molar-refractivity contribution < 1.29 is 19.0 Å². The van der Waals surface area contributed by atoms with Crippen molar-refractivity contribution in [2.75, 3.05) is 39.5 Å². The minimum Gasteiger partial charge on any atom is -0.486 e. The molecule has 0 saturated carbocycles. The van der Waals surface area contributed by atoms with Crippen LogP contribution in [0.3, 0.4) is 0 Å². The van der Waals surface area contributed by atoms with Gasteiger partial charge in [-0.3, -0.25) is 9.69 Å². The van der Waals surface area contributed by atoms with Crippen molar-refractivity contribution in [1.29, 1.82) is 0 Å². The first-order chi connectivity index (χ1) is 13.8. The van der Waals surface area contributed by atoms with E-state index in [4.69, 9.17) is 14.2 Å². The van der Waals surface area contributed by atoms with Crippen molar-refractivity contribution in [3.8, 4) is 11.5 Å². The molecule has 28 heavy (non-hydrogen) atoms. The van der Waals surface area contributed by atoms with Gasteiger partial charge in [0.1, 0.15) is 13.2 Å². The zero-order valence-corrected chi connectivity index (χ0v) is 15.6. The third-order valence-corrected chi connectivity index (χ3v) is 4.69. The standard InChI is InChI=1S/C21H23N3O4/c25-21(17-6-4-16(5-7-17)15-24-8-10-26-11-9-24)23-22-14-18-2-1-3-19-20(18)28-13-12-27-19/h1-7,14H,8-13,15H2,(H,23,25). The summed E-state index contributed by atoms with van der Waals surface area (Å²) in [6.07, 6.45) is 1.57. The van der Waals surface area contributed by atoms with Gasteiger partial charge < -0.3 is 14.2 Å². The molecule has 2 aromatic carbocycles. The average molecular weight is 381 g/mol. The van der Waals surface area contributed by atoms with Crippen molar-refractivity contribution >= 4 is 12.1 Å². The van der Waals surface area contributed by atoms with Gasteiger partial charge in [0, 0.05) is 30.8 Å². The maximum atomic E-state index is 12.3. The highest BCUT2D eigenvalue weighted by Crippen LogP contribution is 2.32. The van der Waals surface area contributed by atoms with Crippen LogP contribution in [0.2, 0.25) is 0 Å². The Labute approximate surface area is 163 Å². The number of hydrogen-bond donors (Lipinski definition) is 1. The number of benzene rings is 2. The molecule has 0 aromatic heterocycles. The van der Waals surface area contributed by atoms with Gasteiger partial charge in [-0.05, 0) is 29.8 Å². The van der Waals surface area contributed by atoms with Gasteiger partial charge in [0.25, 0.3) is 5.91 Å². The maximum Gasteiger partial charge on any atom is 0.271 e. The lowest BCUT2D eigenvalue weighted by molar-refractivity contribution is 0.0342. The van der Waals surface area contributed by atoms with Gasteiger partial charge in [0.05, 0.1) is 19.4 Å². The molecule has 1 saturated heterocycles. The second-order valence-electron chi connectivity index (χ2n) is 6.66. The lowest BCUT2D eigenvalue weighted by atomic mass is 10.1. The maximum absolute atomic E-state index is 12.3. The van der Waals surface area contributed by atoms with Crippen LogP contribution in [0, 0.1) is 0 Å². The monoisotopic (exact) mass is 381 g/mol. The number of fused-ring (bicyclic) bond motifs is 1. The Kier molecular flexibility index (Phi) is 5.84. The SMILES string of the molecule is O=C(NN=Cc1cccc2c1OCCO2)c1ccc(CN2CCOCC2)cc1. The molecule has 7 heteroatoms. The summed E-state index contributed by atoms with van der Waals surface area (Å²) < 4.78 is 16.5. The fourth-order valence-electron chi connectivity index (χ4n) is 3.20. The van der Waals surface area contributed by atoms with Crippen LogP contribution < -0.4 is 14.9 Å². The van der Waals surface area contributed by atoms with Crippen molar-refractivity contribution in [3.05, 3.63) is 59.2 Å². The summed E-state index contributed by atoms with van der Waals surface area (Å²) >= 11 is 0. The number of hydrazone groups is 1. The summed E-state index contributed by atoms with van der Waals surface area (Å²) in [6.45, 7) is 5.34. The van der Waals surface area contributed by atoms with Crippen molar-refractivity contribution in [2.24, 2.45) is 5.10 Å². The topological polar surface area (TPSA) is 72.4 Å². The Morgan fingerprint density at radius 1 is 1.04 bits per heavy atom. The molecule has 1 amide bonds. The van der Waals surface area contributed by atoms with Gasteiger partial charge in [-0.2, -0.15) is 5.10 Å². The minimum absolute atomic E-state index is 0.254. The fourth-order valence-corrected chi connectivity index (χ4v) is 3.20. The summed E-state index contributed by atoms with van der Waals surface area (Å²) in [7, 11) is 0. The molecule has 2 aliphatic rings. The van der Waals surface area contributed by atoms with Crippen LogP contribution in [0.15, 0.2) is 47.6 Å². The molecular formula is C21H23N3O4. The number of carbonyl (C=O) groups is 1. The first kappa shape index (κ1) is 18.5. The van der Waals surface area contributed by atoms with Gasteiger partial charge in [0.15, 0.2) is 11.5 Å².